The van der Waals surface area contributed by atoms with Crippen LogP contribution in [0.25, 0.3) is 0 Å². The number of anilines is 2. The monoisotopic (exact) mass is 438 g/mol. The van der Waals surface area contributed by atoms with Crippen molar-refractivity contribution >= 4 is 27.4 Å². The molecule has 0 saturated carbocycles. The van der Waals surface area contributed by atoms with Crippen LogP contribution in [0.2, 0.25) is 0 Å². The fourth-order valence-corrected chi connectivity index (χ4v) is 4.60. The van der Waals surface area contributed by atoms with Crippen LogP contribution < -0.4 is 14.5 Å². The molecule has 1 heterocycles. The lowest BCUT2D eigenvalue weighted by Crippen LogP contribution is -2.31. The maximum atomic E-state index is 13.2. The lowest BCUT2D eigenvalue weighted by molar-refractivity contribution is 0.0950. The summed E-state index contributed by atoms with van der Waals surface area (Å²) in [6.45, 7) is 2.34. The number of rotatable bonds is 8. The minimum absolute atomic E-state index is 0.0721. The van der Waals surface area contributed by atoms with E-state index in [1.54, 1.807) is 49.5 Å². The molecule has 162 valence electrons. The number of hydrogen-bond acceptors (Lipinski definition) is 5. The third kappa shape index (κ3) is 5.21. The van der Waals surface area contributed by atoms with Crippen LogP contribution in [0.1, 0.15) is 22.8 Å². The van der Waals surface area contributed by atoms with Gasteiger partial charge < -0.3 is 10.2 Å². The summed E-state index contributed by atoms with van der Waals surface area (Å²) in [7, 11) is 0.00852. The molecule has 1 amide bonds. The summed E-state index contributed by atoms with van der Waals surface area (Å²) >= 11 is 0. The first-order chi connectivity index (χ1) is 14.8. The molecule has 8 heteroatoms. The van der Waals surface area contributed by atoms with Crippen molar-refractivity contribution in [3.05, 3.63) is 84.1 Å². The summed E-state index contributed by atoms with van der Waals surface area (Å²) in [5.74, 6) is 0.475. The molecule has 0 aliphatic rings. The molecule has 0 spiro atoms. The van der Waals surface area contributed by atoms with Gasteiger partial charge in [-0.3, -0.25) is 9.10 Å². The zero-order valence-electron chi connectivity index (χ0n) is 17.8. The molecule has 31 heavy (non-hydrogen) atoms. The van der Waals surface area contributed by atoms with Crippen LogP contribution in [-0.2, 0) is 16.6 Å². The Kier molecular flexibility index (Phi) is 6.91. The van der Waals surface area contributed by atoms with Crippen LogP contribution in [0.4, 0.5) is 11.5 Å². The second-order valence-corrected chi connectivity index (χ2v) is 9.00. The fraction of sp³-hybridized carbons (Fsp3) is 0.217. The minimum Gasteiger partial charge on any atom is -0.363 e. The predicted octanol–water partition coefficient (Wildman–Crippen LogP) is 3.29. The highest BCUT2D eigenvalue weighted by Crippen LogP contribution is 2.23. The third-order valence-corrected chi connectivity index (χ3v) is 6.63. The van der Waals surface area contributed by atoms with Crippen molar-refractivity contribution < 1.29 is 13.2 Å². The Morgan fingerprint density at radius 3 is 2.35 bits per heavy atom. The molecule has 0 saturated heterocycles. The number of para-hydroxylation sites is 1. The number of carbonyl (C=O) groups is 1. The van der Waals surface area contributed by atoms with E-state index < -0.39 is 10.0 Å². The average Bonchev–Trinajstić information content (AvgIpc) is 2.79. The van der Waals surface area contributed by atoms with Crippen LogP contribution in [0.3, 0.4) is 0 Å². The van der Waals surface area contributed by atoms with Gasteiger partial charge in [0, 0.05) is 38.9 Å². The molecule has 0 aliphatic carbocycles. The summed E-state index contributed by atoms with van der Waals surface area (Å²) in [5, 5.41) is 2.82. The van der Waals surface area contributed by atoms with Crippen molar-refractivity contribution in [1.82, 2.24) is 10.3 Å². The Bertz CT molecular complexity index is 1130. The van der Waals surface area contributed by atoms with Crippen molar-refractivity contribution in [2.45, 2.75) is 18.4 Å². The predicted molar refractivity (Wildman–Crippen MR) is 123 cm³/mol. The van der Waals surface area contributed by atoms with Gasteiger partial charge in [0.1, 0.15) is 5.82 Å². The third-order valence-electron chi connectivity index (χ3n) is 4.74. The van der Waals surface area contributed by atoms with Crippen molar-refractivity contribution in [3.63, 3.8) is 0 Å². The van der Waals surface area contributed by atoms with Gasteiger partial charge in [-0.1, -0.05) is 30.3 Å². The van der Waals surface area contributed by atoms with Crippen molar-refractivity contribution in [1.29, 1.82) is 0 Å². The molecule has 3 aromatic rings. The van der Waals surface area contributed by atoms with E-state index in [0.717, 1.165) is 11.4 Å². The van der Waals surface area contributed by atoms with Crippen molar-refractivity contribution in [3.8, 4) is 0 Å². The number of nitrogens with one attached hydrogen (secondary N) is 1. The maximum Gasteiger partial charge on any atom is 0.264 e. The maximum absolute atomic E-state index is 13.2. The number of carbonyl (C=O) groups excluding carboxylic acids is 1. The van der Waals surface area contributed by atoms with E-state index in [1.165, 1.54) is 16.4 Å². The molecule has 0 atom stereocenters. The Morgan fingerprint density at radius 1 is 1.00 bits per heavy atom. The van der Waals surface area contributed by atoms with Gasteiger partial charge in [-0.2, -0.15) is 0 Å². The average molecular weight is 439 g/mol. The molecule has 3 rings (SSSR count). The molecular formula is C23H26N4O3S. The molecule has 0 radical (unpaired) electrons. The van der Waals surface area contributed by atoms with E-state index in [2.05, 4.69) is 10.3 Å². The van der Waals surface area contributed by atoms with Crippen LogP contribution in [0.15, 0.2) is 77.8 Å². The number of amides is 1. The van der Waals surface area contributed by atoms with E-state index in [9.17, 15) is 13.2 Å². The lowest BCUT2D eigenvalue weighted by Gasteiger charge is -2.23. The van der Waals surface area contributed by atoms with Crippen LogP contribution in [0.5, 0.6) is 0 Å². The number of hydrogen-bond donors (Lipinski definition) is 1. The number of benzene rings is 2. The highest BCUT2D eigenvalue weighted by molar-refractivity contribution is 7.92. The zero-order valence-corrected chi connectivity index (χ0v) is 18.6. The van der Waals surface area contributed by atoms with Gasteiger partial charge in [-0.05, 0) is 48.9 Å². The number of sulfonamides is 1. The summed E-state index contributed by atoms with van der Waals surface area (Å²) in [5.41, 5.74) is 1.71. The van der Waals surface area contributed by atoms with Crippen molar-refractivity contribution in [2.24, 2.45) is 0 Å². The summed E-state index contributed by atoms with van der Waals surface area (Å²) < 4.78 is 27.7. The van der Waals surface area contributed by atoms with Crippen molar-refractivity contribution in [2.75, 3.05) is 29.8 Å². The second kappa shape index (κ2) is 9.61. The van der Waals surface area contributed by atoms with E-state index in [0.29, 0.717) is 12.2 Å². The van der Waals surface area contributed by atoms with Gasteiger partial charge in [0.25, 0.3) is 15.9 Å². The van der Waals surface area contributed by atoms with Gasteiger partial charge in [-0.15, -0.1) is 0 Å². The SMILES string of the molecule is CCN(c1ccccc1)S(=O)(=O)c1cccc(C(=O)NCc2ccc(N(C)C)nc2)c1. The minimum atomic E-state index is -3.80. The first-order valence-corrected chi connectivity index (χ1v) is 11.3. The molecule has 2 aromatic carbocycles. The van der Waals surface area contributed by atoms with Gasteiger partial charge in [-0.25, -0.2) is 13.4 Å². The Balaban J connectivity index is 1.76. The van der Waals surface area contributed by atoms with Gasteiger partial charge in [0.2, 0.25) is 0 Å². The van der Waals surface area contributed by atoms with Crippen LogP contribution in [0, 0.1) is 0 Å². The van der Waals surface area contributed by atoms with Crippen LogP contribution in [-0.4, -0.2) is 39.9 Å². The molecule has 1 N–H and O–H groups in total. The van der Waals surface area contributed by atoms with E-state index in [-0.39, 0.29) is 22.9 Å². The van der Waals surface area contributed by atoms with Gasteiger partial charge in [0.15, 0.2) is 0 Å². The van der Waals surface area contributed by atoms with Crippen LogP contribution >= 0.6 is 0 Å². The smallest absolute Gasteiger partial charge is 0.264 e. The lowest BCUT2D eigenvalue weighted by atomic mass is 10.2. The number of nitrogens with zero attached hydrogens (tertiary/aromatic N) is 3. The van der Waals surface area contributed by atoms with E-state index in [4.69, 9.17) is 0 Å². The molecule has 0 bridgehead atoms. The largest absolute Gasteiger partial charge is 0.363 e. The summed E-state index contributed by atoms with van der Waals surface area (Å²) in [4.78, 5) is 18.9. The highest BCUT2D eigenvalue weighted by atomic mass is 32.2. The quantitative estimate of drug-likeness (QED) is 0.584. The first-order valence-electron chi connectivity index (χ1n) is 9.91. The van der Waals surface area contributed by atoms with E-state index in [1.807, 2.05) is 37.2 Å². The number of aromatic nitrogens is 1. The molecular weight excluding hydrogens is 412 g/mol. The molecule has 0 fully saturated rings. The number of pyridine rings is 1. The standard InChI is InChI=1S/C23H26N4O3S/c1-4-27(20-10-6-5-7-11-20)31(29,30)21-12-8-9-19(15-21)23(28)25-17-18-13-14-22(24-16-18)26(2)3/h5-16H,4,17H2,1-3H3,(H,25,28). The molecule has 0 unspecified atom stereocenters. The highest BCUT2D eigenvalue weighted by Gasteiger charge is 2.24. The van der Waals surface area contributed by atoms with Gasteiger partial charge >= 0.3 is 0 Å². The molecule has 0 aliphatic heterocycles. The zero-order chi connectivity index (χ0) is 22.4. The molecule has 7 nitrogen and oxygen atoms in total. The summed E-state index contributed by atoms with van der Waals surface area (Å²) in [6.07, 6.45) is 1.70. The topological polar surface area (TPSA) is 82.6 Å². The first kappa shape index (κ1) is 22.3. The Hall–Kier alpha value is -3.39. The Labute approximate surface area is 183 Å². The fourth-order valence-electron chi connectivity index (χ4n) is 3.08. The second-order valence-electron chi connectivity index (χ2n) is 7.13. The van der Waals surface area contributed by atoms with E-state index >= 15 is 0 Å². The summed E-state index contributed by atoms with van der Waals surface area (Å²) in [6, 6.07) is 18.7. The Morgan fingerprint density at radius 2 is 1.74 bits per heavy atom. The normalized spacial score (nSPS) is 11.1. The molecule has 1 aromatic heterocycles. The van der Waals surface area contributed by atoms with Gasteiger partial charge in [0.05, 0.1) is 10.6 Å².